The molecule has 1 N–H and O–H groups in total. The second-order valence-corrected chi connectivity index (χ2v) is 5.89. The number of H-pyrrole nitrogens is 1. The molecule has 2 nitrogen and oxygen atoms in total. The molecule has 0 radical (unpaired) electrons. The molecule has 0 saturated carbocycles. The molecule has 0 saturated heterocycles. The molecular weight excluding hydrogens is 288 g/mol. The second kappa shape index (κ2) is 4.90. The highest BCUT2D eigenvalue weighted by Crippen LogP contribution is 2.25. The first-order chi connectivity index (χ1) is 8.74. The van der Waals surface area contributed by atoms with E-state index in [-0.39, 0.29) is 0 Å². The molecule has 18 heavy (non-hydrogen) atoms. The lowest BCUT2D eigenvalue weighted by atomic mass is 10.0. The van der Waals surface area contributed by atoms with Crippen molar-refractivity contribution in [2.45, 2.75) is 18.9 Å². The van der Waals surface area contributed by atoms with Gasteiger partial charge < -0.3 is 4.98 Å². The van der Waals surface area contributed by atoms with Crippen molar-refractivity contribution >= 4 is 26.8 Å². The standard InChI is InChI=1S/C15H17BrN2/c1-18-7-3-2-4-13(18)8-11-10-17-15-6-5-12(16)9-14(11)15/h2,4-6,9-10,13,17H,3,7-8H2,1H3. The number of hydrogen-bond donors (Lipinski definition) is 1. The van der Waals surface area contributed by atoms with Gasteiger partial charge in [-0.05, 0) is 43.7 Å². The predicted molar refractivity (Wildman–Crippen MR) is 79.9 cm³/mol. The Kier molecular flexibility index (Phi) is 3.27. The minimum absolute atomic E-state index is 0.525. The zero-order chi connectivity index (χ0) is 12.5. The summed E-state index contributed by atoms with van der Waals surface area (Å²) in [4.78, 5) is 5.78. The van der Waals surface area contributed by atoms with Gasteiger partial charge >= 0.3 is 0 Å². The molecule has 1 aliphatic rings. The summed E-state index contributed by atoms with van der Waals surface area (Å²) in [6, 6.07) is 6.93. The fourth-order valence-electron chi connectivity index (χ4n) is 2.61. The van der Waals surface area contributed by atoms with Gasteiger partial charge in [-0.15, -0.1) is 0 Å². The third-order valence-electron chi connectivity index (χ3n) is 3.73. The summed E-state index contributed by atoms with van der Waals surface area (Å²) < 4.78 is 1.14. The van der Waals surface area contributed by atoms with Gasteiger partial charge in [0.1, 0.15) is 0 Å². The van der Waals surface area contributed by atoms with E-state index in [0.717, 1.165) is 17.4 Å². The normalized spacial score (nSPS) is 20.7. The maximum Gasteiger partial charge on any atom is 0.0457 e. The largest absolute Gasteiger partial charge is 0.361 e. The van der Waals surface area contributed by atoms with Gasteiger partial charge in [0.2, 0.25) is 0 Å². The van der Waals surface area contributed by atoms with Crippen LogP contribution in [0.1, 0.15) is 12.0 Å². The van der Waals surface area contributed by atoms with Crippen LogP contribution in [0.3, 0.4) is 0 Å². The average molecular weight is 305 g/mol. The number of rotatable bonds is 2. The number of aromatic amines is 1. The van der Waals surface area contributed by atoms with E-state index < -0.39 is 0 Å². The number of nitrogens with zero attached hydrogens (tertiary/aromatic N) is 1. The second-order valence-electron chi connectivity index (χ2n) is 4.97. The Labute approximate surface area is 116 Å². The van der Waals surface area contributed by atoms with Crippen molar-refractivity contribution in [2.24, 2.45) is 0 Å². The molecule has 0 fully saturated rings. The van der Waals surface area contributed by atoms with Crippen LogP contribution in [0.25, 0.3) is 10.9 Å². The van der Waals surface area contributed by atoms with Crippen LogP contribution >= 0.6 is 15.9 Å². The molecule has 0 amide bonds. The van der Waals surface area contributed by atoms with Gasteiger partial charge in [-0.1, -0.05) is 28.1 Å². The van der Waals surface area contributed by atoms with Gasteiger partial charge in [-0.3, -0.25) is 4.90 Å². The molecule has 3 heteroatoms. The molecule has 0 spiro atoms. The first-order valence-corrected chi connectivity index (χ1v) is 7.16. The monoisotopic (exact) mass is 304 g/mol. The van der Waals surface area contributed by atoms with Crippen molar-refractivity contribution in [1.82, 2.24) is 9.88 Å². The van der Waals surface area contributed by atoms with Crippen LogP contribution in [0.4, 0.5) is 0 Å². The molecule has 94 valence electrons. The van der Waals surface area contributed by atoms with Crippen molar-refractivity contribution in [2.75, 3.05) is 13.6 Å². The number of hydrogen-bond acceptors (Lipinski definition) is 1. The Morgan fingerprint density at radius 1 is 1.44 bits per heavy atom. The van der Waals surface area contributed by atoms with Crippen molar-refractivity contribution in [3.63, 3.8) is 0 Å². The maximum absolute atomic E-state index is 3.55. The highest BCUT2D eigenvalue weighted by atomic mass is 79.9. The van der Waals surface area contributed by atoms with E-state index in [0.29, 0.717) is 6.04 Å². The topological polar surface area (TPSA) is 19.0 Å². The molecule has 2 aromatic rings. The number of aromatic nitrogens is 1. The van der Waals surface area contributed by atoms with Gasteiger partial charge in [0.05, 0.1) is 0 Å². The van der Waals surface area contributed by atoms with E-state index >= 15 is 0 Å². The summed E-state index contributed by atoms with van der Waals surface area (Å²) >= 11 is 3.55. The number of nitrogens with one attached hydrogen (secondary N) is 1. The SMILES string of the molecule is CN1CCC=CC1Cc1c[nH]c2ccc(Br)cc12. The van der Waals surface area contributed by atoms with E-state index in [9.17, 15) is 0 Å². The summed E-state index contributed by atoms with van der Waals surface area (Å²) in [6.45, 7) is 1.16. The molecule has 2 heterocycles. The Balaban J connectivity index is 1.92. The highest BCUT2D eigenvalue weighted by molar-refractivity contribution is 9.10. The van der Waals surface area contributed by atoms with Crippen molar-refractivity contribution in [3.8, 4) is 0 Å². The Hall–Kier alpha value is -1.06. The van der Waals surface area contributed by atoms with Crippen LogP contribution < -0.4 is 0 Å². The predicted octanol–water partition coefficient (Wildman–Crippen LogP) is 3.73. The number of likely N-dealkylation sites (N-methyl/N-ethyl adjacent to an activating group) is 1. The number of fused-ring (bicyclic) bond motifs is 1. The minimum Gasteiger partial charge on any atom is -0.361 e. The van der Waals surface area contributed by atoms with Crippen LogP contribution in [0.5, 0.6) is 0 Å². The quantitative estimate of drug-likeness (QED) is 0.838. The summed E-state index contributed by atoms with van der Waals surface area (Å²) in [5, 5.41) is 1.33. The van der Waals surface area contributed by atoms with Crippen LogP contribution in [-0.4, -0.2) is 29.5 Å². The highest BCUT2D eigenvalue weighted by Gasteiger charge is 2.16. The molecule has 3 rings (SSSR count). The van der Waals surface area contributed by atoms with Crippen molar-refractivity contribution < 1.29 is 0 Å². The summed E-state index contributed by atoms with van der Waals surface area (Å²) in [6.07, 6.45) is 9.03. The zero-order valence-corrected chi connectivity index (χ0v) is 12.1. The lowest BCUT2D eigenvalue weighted by Crippen LogP contribution is -2.34. The summed E-state index contributed by atoms with van der Waals surface area (Å²) in [5.41, 5.74) is 2.62. The lowest BCUT2D eigenvalue weighted by Gasteiger charge is -2.28. The van der Waals surface area contributed by atoms with Crippen LogP contribution in [0, 0.1) is 0 Å². The lowest BCUT2D eigenvalue weighted by molar-refractivity contribution is 0.274. The fourth-order valence-corrected chi connectivity index (χ4v) is 2.97. The maximum atomic E-state index is 3.55. The van der Waals surface area contributed by atoms with Gasteiger partial charge in [0.15, 0.2) is 0 Å². The van der Waals surface area contributed by atoms with Gasteiger partial charge in [-0.25, -0.2) is 0 Å². The van der Waals surface area contributed by atoms with Crippen molar-refractivity contribution in [3.05, 3.63) is 46.6 Å². The first kappa shape index (κ1) is 12.0. The summed E-state index contributed by atoms with van der Waals surface area (Å²) in [7, 11) is 2.21. The first-order valence-electron chi connectivity index (χ1n) is 6.36. The van der Waals surface area contributed by atoms with E-state index in [4.69, 9.17) is 0 Å². The van der Waals surface area contributed by atoms with Crippen molar-refractivity contribution in [1.29, 1.82) is 0 Å². The van der Waals surface area contributed by atoms with Crippen LogP contribution in [0.2, 0.25) is 0 Å². The Morgan fingerprint density at radius 3 is 3.17 bits per heavy atom. The van der Waals surface area contributed by atoms with Crippen LogP contribution in [-0.2, 0) is 6.42 Å². The van der Waals surface area contributed by atoms with Gasteiger partial charge in [0, 0.05) is 34.2 Å². The van der Waals surface area contributed by atoms with E-state index in [1.807, 2.05) is 0 Å². The van der Waals surface area contributed by atoms with E-state index in [2.05, 4.69) is 69.4 Å². The molecule has 1 atom stereocenters. The van der Waals surface area contributed by atoms with E-state index in [1.54, 1.807) is 0 Å². The van der Waals surface area contributed by atoms with E-state index in [1.165, 1.54) is 22.9 Å². The summed E-state index contributed by atoms with van der Waals surface area (Å²) in [5.74, 6) is 0. The molecule has 0 bridgehead atoms. The van der Waals surface area contributed by atoms with Crippen LogP contribution in [0.15, 0.2) is 41.0 Å². The molecule has 0 aliphatic carbocycles. The molecule has 1 aliphatic heterocycles. The number of halogens is 1. The zero-order valence-electron chi connectivity index (χ0n) is 10.5. The third kappa shape index (κ3) is 2.25. The molecule has 1 aromatic carbocycles. The van der Waals surface area contributed by atoms with Gasteiger partial charge in [-0.2, -0.15) is 0 Å². The minimum atomic E-state index is 0.525. The molecule has 1 aromatic heterocycles. The molecular formula is C15H17BrN2. The molecule has 1 unspecified atom stereocenters. The number of benzene rings is 1. The Morgan fingerprint density at radius 2 is 2.33 bits per heavy atom. The van der Waals surface area contributed by atoms with Gasteiger partial charge in [0.25, 0.3) is 0 Å². The fraction of sp³-hybridized carbons (Fsp3) is 0.333. The smallest absolute Gasteiger partial charge is 0.0457 e. The Bertz CT molecular complexity index is 585. The average Bonchev–Trinajstić information content (AvgIpc) is 2.75. The third-order valence-corrected chi connectivity index (χ3v) is 4.22.